The number of ether oxygens (including phenoxy) is 2. The van der Waals surface area contributed by atoms with E-state index in [2.05, 4.69) is 10.1 Å². The largest absolute Gasteiger partial charge is 0.467 e. The first kappa shape index (κ1) is 20.9. The molecular weight excluding hydrogens is 378 g/mol. The molecule has 2 aromatic rings. The molecule has 0 saturated heterocycles. The Bertz CT molecular complexity index is 810. The maximum Gasteiger partial charge on any atom is 0.387 e. The standard InChI is InChI=1S/C18H18F2N2O6/c1-22(10-14-6-3-7-26-14)15(23)11-27-16(24)9-21-17(25)12-4-2-5-13(8-12)28-18(19)20/h2-8,18H,9-11H2,1H3,(H,21,25). The van der Waals surface area contributed by atoms with Crippen molar-refractivity contribution in [1.29, 1.82) is 0 Å². The Morgan fingerprint density at radius 3 is 2.68 bits per heavy atom. The van der Waals surface area contributed by atoms with Gasteiger partial charge in [0.1, 0.15) is 18.1 Å². The molecule has 0 saturated carbocycles. The first-order valence-electron chi connectivity index (χ1n) is 8.10. The molecule has 1 aromatic heterocycles. The summed E-state index contributed by atoms with van der Waals surface area (Å²) in [5.74, 6) is -1.57. The van der Waals surface area contributed by atoms with Gasteiger partial charge in [0, 0.05) is 12.6 Å². The number of carbonyl (C=O) groups excluding carboxylic acids is 3. The van der Waals surface area contributed by atoms with Gasteiger partial charge in [-0.25, -0.2) is 0 Å². The fraction of sp³-hybridized carbons (Fsp3) is 0.278. The maximum absolute atomic E-state index is 12.2. The minimum absolute atomic E-state index is 0.0280. The predicted molar refractivity (Wildman–Crippen MR) is 91.5 cm³/mol. The third-order valence-electron chi connectivity index (χ3n) is 3.47. The van der Waals surface area contributed by atoms with Crippen molar-refractivity contribution in [3.05, 3.63) is 54.0 Å². The highest BCUT2D eigenvalue weighted by atomic mass is 19.3. The molecule has 2 amide bonds. The fourth-order valence-corrected chi connectivity index (χ4v) is 2.10. The Hall–Kier alpha value is -3.43. The zero-order valence-corrected chi connectivity index (χ0v) is 14.9. The Labute approximate surface area is 159 Å². The number of furan rings is 1. The molecule has 1 N–H and O–H groups in total. The molecule has 0 aliphatic heterocycles. The van der Waals surface area contributed by atoms with E-state index in [9.17, 15) is 23.2 Å². The van der Waals surface area contributed by atoms with Crippen LogP contribution in [0.15, 0.2) is 47.1 Å². The van der Waals surface area contributed by atoms with Crippen LogP contribution in [-0.4, -0.2) is 49.5 Å². The van der Waals surface area contributed by atoms with Crippen molar-refractivity contribution >= 4 is 17.8 Å². The number of hydrogen-bond acceptors (Lipinski definition) is 6. The van der Waals surface area contributed by atoms with Crippen molar-refractivity contribution in [3.63, 3.8) is 0 Å². The van der Waals surface area contributed by atoms with Crippen molar-refractivity contribution in [3.8, 4) is 5.75 Å². The van der Waals surface area contributed by atoms with Gasteiger partial charge in [-0.1, -0.05) is 6.07 Å². The monoisotopic (exact) mass is 396 g/mol. The third-order valence-corrected chi connectivity index (χ3v) is 3.47. The number of likely N-dealkylation sites (N-methyl/N-ethyl adjacent to an activating group) is 1. The summed E-state index contributed by atoms with van der Waals surface area (Å²) in [7, 11) is 1.52. The van der Waals surface area contributed by atoms with Crippen molar-refractivity contribution in [1.82, 2.24) is 10.2 Å². The van der Waals surface area contributed by atoms with E-state index in [0.29, 0.717) is 5.76 Å². The topological polar surface area (TPSA) is 98.1 Å². The number of hydrogen-bond donors (Lipinski definition) is 1. The number of benzene rings is 1. The first-order chi connectivity index (χ1) is 13.3. The molecule has 10 heteroatoms. The summed E-state index contributed by atoms with van der Waals surface area (Å²) in [4.78, 5) is 36.9. The van der Waals surface area contributed by atoms with Crippen LogP contribution in [0.2, 0.25) is 0 Å². The Morgan fingerprint density at radius 1 is 1.21 bits per heavy atom. The maximum atomic E-state index is 12.2. The quantitative estimate of drug-likeness (QED) is 0.650. The second-order valence-corrected chi connectivity index (χ2v) is 5.58. The molecule has 2 rings (SSSR count). The molecule has 0 bridgehead atoms. The molecule has 0 unspecified atom stereocenters. The average molecular weight is 396 g/mol. The van der Waals surface area contributed by atoms with Gasteiger partial charge in [0.25, 0.3) is 11.8 Å². The number of halogens is 2. The minimum Gasteiger partial charge on any atom is -0.467 e. The molecule has 0 spiro atoms. The number of esters is 1. The fourth-order valence-electron chi connectivity index (χ4n) is 2.10. The predicted octanol–water partition coefficient (Wildman–Crippen LogP) is 1.81. The van der Waals surface area contributed by atoms with Gasteiger partial charge in [0.2, 0.25) is 0 Å². The lowest BCUT2D eigenvalue weighted by atomic mass is 10.2. The second-order valence-electron chi connectivity index (χ2n) is 5.58. The van der Waals surface area contributed by atoms with Gasteiger partial charge in [-0.2, -0.15) is 8.78 Å². The Balaban J connectivity index is 1.74. The third kappa shape index (κ3) is 6.71. The van der Waals surface area contributed by atoms with Crippen molar-refractivity contribution < 1.29 is 37.1 Å². The normalized spacial score (nSPS) is 10.4. The van der Waals surface area contributed by atoms with Crippen LogP contribution in [0.5, 0.6) is 5.75 Å². The first-order valence-corrected chi connectivity index (χ1v) is 8.10. The lowest BCUT2D eigenvalue weighted by Gasteiger charge is -2.15. The summed E-state index contributed by atoms with van der Waals surface area (Å²) in [6.45, 7) is -3.79. The number of nitrogens with one attached hydrogen (secondary N) is 1. The summed E-state index contributed by atoms with van der Waals surface area (Å²) in [5.41, 5.74) is 0.0280. The van der Waals surface area contributed by atoms with Crippen LogP contribution >= 0.6 is 0 Å². The van der Waals surface area contributed by atoms with Gasteiger partial charge in [0.15, 0.2) is 6.61 Å². The Morgan fingerprint density at radius 2 is 2.00 bits per heavy atom. The molecule has 0 fully saturated rings. The number of rotatable bonds is 9. The van der Waals surface area contributed by atoms with Crippen LogP contribution in [0.25, 0.3) is 0 Å². The highest BCUT2D eigenvalue weighted by Gasteiger charge is 2.15. The van der Waals surface area contributed by atoms with E-state index in [1.165, 1.54) is 36.4 Å². The molecule has 0 aliphatic carbocycles. The van der Waals surface area contributed by atoms with Gasteiger partial charge in [-0.15, -0.1) is 0 Å². The van der Waals surface area contributed by atoms with E-state index < -0.39 is 37.5 Å². The Kier molecular flexibility index (Phi) is 7.49. The molecular formula is C18H18F2N2O6. The highest BCUT2D eigenvalue weighted by Crippen LogP contribution is 2.15. The van der Waals surface area contributed by atoms with E-state index in [1.54, 1.807) is 12.1 Å². The average Bonchev–Trinajstić information content (AvgIpc) is 3.16. The summed E-state index contributed by atoms with van der Waals surface area (Å²) in [5, 5.41) is 2.27. The van der Waals surface area contributed by atoms with Crippen LogP contribution in [0.1, 0.15) is 16.1 Å². The van der Waals surface area contributed by atoms with Gasteiger partial charge in [-0.05, 0) is 30.3 Å². The van der Waals surface area contributed by atoms with Gasteiger partial charge in [0.05, 0.1) is 12.8 Å². The summed E-state index contributed by atoms with van der Waals surface area (Å²) >= 11 is 0. The van der Waals surface area contributed by atoms with E-state index in [0.717, 1.165) is 6.07 Å². The van der Waals surface area contributed by atoms with Crippen molar-refractivity contribution in [2.75, 3.05) is 20.2 Å². The van der Waals surface area contributed by atoms with Crippen LogP contribution in [0.3, 0.4) is 0 Å². The van der Waals surface area contributed by atoms with Crippen molar-refractivity contribution in [2.24, 2.45) is 0 Å². The second kappa shape index (κ2) is 10.0. The number of amides is 2. The minimum atomic E-state index is -3.02. The zero-order valence-electron chi connectivity index (χ0n) is 14.9. The van der Waals surface area contributed by atoms with Gasteiger partial charge < -0.3 is 24.1 Å². The molecule has 0 aliphatic rings. The zero-order chi connectivity index (χ0) is 20.5. The van der Waals surface area contributed by atoms with E-state index in [-0.39, 0.29) is 17.9 Å². The van der Waals surface area contributed by atoms with Crippen LogP contribution in [0.4, 0.5) is 8.78 Å². The van der Waals surface area contributed by atoms with Crippen LogP contribution in [0, 0.1) is 0 Å². The van der Waals surface area contributed by atoms with E-state index in [4.69, 9.17) is 9.15 Å². The summed E-state index contributed by atoms with van der Waals surface area (Å²) < 4.78 is 38.5. The molecule has 28 heavy (non-hydrogen) atoms. The molecule has 8 nitrogen and oxygen atoms in total. The summed E-state index contributed by atoms with van der Waals surface area (Å²) in [6.07, 6.45) is 1.48. The lowest BCUT2D eigenvalue weighted by Crippen LogP contribution is -2.34. The summed E-state index contributed by atoms with van der Waals surface area (Å²) in [6, 6.07) is 8.49. The highest BCUT2D eigenvalue weighted by molar-refractivity contribution is 5.96. The van der Waals surface area contributed by atoms with E-state index in [1.807, 2.05) is 0 Å². The number of nitrogens with zero attached hydrogens (tertiary/aromatic N) is 1. The van der Waals surface area contributed by atoms with Crippen LogP contribution in [-0.2, 0) is 20.9 Å². The van der Waals surface area contributed by atoms with Gasteiger partial charge in [-0.3, -0.25) is 14.4 Å². The van der Waals surface area contributed by atoms with Crippen molar-refractivity contribution in [2.45, 2.75) is 13.2 Å². The molecule has 0 atom stereocenters. The lowest BCUT2D eigenvalue weighted by molar-refractivity contribution is -0.150. The number of carbonyl (C=O) groups is 3. The molecule has 0 radical (unpaired) electrons. The van der Waals surface area contributed by atoms with Crippen LogP contribution < -0.4 is 10.1 Å². The molecule has 150 valence electrons. The smallest absolute Gasteiger partial charge is 0.387 e. The SMILES string of the molecule is CN(Cc1ccco1)C(=O)COC(=O)CNC(=O)c1cccc(OC(F)F)c1. The molecule has 1 aromatic carbocycles. The molecule has 1 heterocycles. The number of alkyl halides is 2. The van der Waals surface area contributed by atoms with Gasteiger partial charge >= 0.3 is 12.6 Å². The van der Waals surface area contributed by atoms with E-state index >= 15 is 0 Å².